The first kappa shape index (κ1) is 10.5. The average molecular weight is 206 g/mol. The summed E-state index contributed by atoms with van der Waals surface area (Å²) in [5.74, 6) is 1.16. The number of carbonyl (C=O) groups excluding carboxylic acids is 1. The van der Waals surface area contributed by atoms with Gasteiger partial charge in [-0.05, 0) is 31.1 Å². The van der Waals surface area contributed by atoms with Crippen molar-refractivity contribution in [1.29, 1.82) is 5.26 Å². The maximum absolute atomic E-state index is 11.9. The van der Waals surface area contributed by atoms with E-state index in [0.717, 1.165) is 25.7 Å². The lowest BCUT2D eigenvalue weighted by Crippen LogP contribution is -2.49. The number of carbonyl (C=O) groups is 1. The molecule has 82 valence electrons. The zero-order valence-corrected chi connectivity index (χ0v) is 9.42. The molecule has 2 atom stereocenters. The lowest BCUT2D eigenvalue weighted by atomic mass is 9.63. The van der Waals surface area contributed by atoms with Gasteiger partial charge in [-0.15, -0.1) is 0 Å². The van der Waals surface area contributed by atoms with E-state index in [1.165, 1.54) is 0 Å². The third kappa shape index (κ3) is 1.73. The highest BCUT2D eigenvalue weighted by molar-refractivity contribution is 5.87. The van der Waals surface area contributed by atoms with Crippen LogP contribution < -0.4 is 5.32 Å². The Morgan fingerprint density at radius 3 is 2.67 bits per heavy atom. The van der Waals surface area contributed by atoms with Gasteiger partial charge in [0, 0.05) is 6.04 Å². The molecule has 2 unspecified atom stereocenters. The molecule has 2 aliphatic carbocycles. The lowest BCUT2D eigenvalue weighted by Gasteiger charge is -2.39. The Labute approximate surface area is 90.8 Å². The first-order chi connectivity index (χ1) is 7.11. The summed E-state index contributed by atoms with van der Waals surface area (Å²) >= 11 is 0. The van der Waals surface area contributed by atoms with Gasteiger partial charge in [0.05, 0.1) is 6.07 Å². The van der Waals surface area contributed by atoms with Gasteiger partial charge in [0.15, 0.2) is 0 Å². The molecule has 2 aliphatic rings. The van der Waals surface area contributed by atoms with Gasteiger partial charge in [0.1, 0.15) is 5.41 Å². The topological polar surface area (TPSA) is 52.9 Å². The van der Waals surface area contributed by atoms with E-state index in [1.54, 1.807) is 0 Å². The Morgan fingerprint density at radius 2 is 2.27 bits per heavy atom. The van der Waals surface area contributed by atoms with Crippen LogP contribution in [0.5, 0.6) is 0 Å². The van der Waals surface area contributed by atoms with Crippen molar-refractivity contribution in [3.63, 3.8) is 0 Å². The molecule has 0 aromatic carbocycles. The van der Waals surface area contributed by atoms with Gasteiger partial charge in [-0.3, -0.25) is 4.79 Å². The van der Waals surface area contributed by atoms with Crippen molar-refractivity contribution in [3.8, 4) is 6.07 Å². The van der Waals surface area contributed by atoms with Gasteiger partial charge in [-0.1, -0.05) is 20.3 Å². The van der Waals surface area contributed by atoms with E-state index in [1.807, 2.05) is 0 Å². The highest BCUT2D eigenvalue weighted by atomic mass is 16.2. The number of nitrogens with one attached hydrogen (secondary N) is 1. The fraction of sp³-hybridized carbons (Fsp3) is 0.833. The van der Waals surface area contributed by atoms with E-state index in [9.17, 15) is 4.79 Å². The second-order valence-corrected chi connectivity index (χ2v) is 5.19. The van der Waals surface area contributed by atoms with Crippen molar-refractivity contribution in [2.24, 2.45) is 17.3 Å². The highest BCUT2D eigenvalue weighted by Gasteiger charge is 2.51. The predicted octanol–water partition coefficient (Wildman–Crippen LogP) is 1.84. The van der Waals surface area contributed by atoms with E-state index in [4.69, 9.17) is 5.26 Å². The quantitative estimate of drug-likeness (QED) is 0.766. The van der Waals surface area contributed by atoms with Crippen LogP contribution >= 0.6 is 0 Å². The number of hydrogen-bond acceptors (Lipinski definition) is 2. The van der Waals surface area contributed by atoms with Crippen LogP contribution in [0.4, 0.5) is 0 Å². The summed E-state index contributed by atoms with van der Waals surface area (Å²) in [4.78, 5) is 11.9. The highest BCUT2D eigenvalue weighted by Crippen LogP contribution is 2.46. The number of nitrogens with zero attached hydrogens (tertiary/aromatic N) is 1. The summed E-state index contributed by atoms with van der Waals surface area (Å²) in [5, 5.41) is 12.1. The molecule has 0 saturated heterocycles. The third-order valence-electron chi connectivity index (χ3n) is 3.81. The number of rotatable bonds is 3. The van der Waals surface area contributed by atoms with Crippen molar-refractivity contribution in [1.82, 2.24) is 5.32 Å². The van der Waals surface area contributed by atoms with Crippen molar-refractivity contribution in [2.75, 3.05) is 0 Å². The van der Waals surface area contributed by atoms with Crippen LogP contribution in [-0.4, -0.2) is 11.9 Å². The zero-order chi connectivity index (χ0) is 11.1. The fourth-order valence-electron chi connectivity index (χ4n) is 2.64. The Balaban J connectivity index is 1.89. The lowest BCUT2D eigenvalue weighted by molar-refractivity contribution is -0.134. The minimum absolute atomic E-state index is 0.0240. The molecule has 1 amide bonds. The van der Waals surface area contributed by atoms with Gasteiger partial charge in [-0.25, -0.2) is 0 Å². The molecule has 3 heteroatoms. The second kappa shape index (κ2) is 3.52. The molecule has 1 N–H and O–H groups in total. The Bertz CT molecular complexity index is 312. The van der Waals surface area contributed by atoms with Crippen LogP contribution in [0, 0.1) is 28.6 Å². The van der Waals surface area contributed by atoms with Crippen LogP contribution in [0.25, 0.3) is 0 Å². The standard InChI is InChI=1S/C12H18N2O/c1-3-9-4-10(9)14-11(15)12(7-13)5-8(2)6-12/h8-10H,3-6H2,1-2H3,(H,14,15). The largest absolute Gasteiger partial charge is 0.352 e. The monoisotopic (exact) mass is 206 g/mol. The molecular weight excluding hydrogens is 188 g/mol. The molecule has 0 bridgehead atoms. The predicted molar refractivity (Wildman–Crippen MR) is 56.8 cm³/mol. The van der Waals surface area contributed by atoms with Crippen LogP contribution in [0.2, 0.25) is 0 Å². The minimum atomic E-state index is -0.694. The summed E-state index contributed by atoms with van der Waals surface area (Å²) in [7, 11) is 0. The molecule has 0 radical (unpaired) electrons. The van der Waals surface area contributed by atoms with Crippen molar-refractivity contribution in [2.45, 2.75) is 45.6 Å². The van der Waals surface area contributed by atoms with Crippen molar-refractivity contribution in [3.05, 3.63) is 0 Å². The summed E-state index contributed by atoms with van der Waals surface area (Å²) in [5.41, 5.74) is -0.694. The summed E-state index contributed by atoms with van der Waals surface area (Å²) < 4.78 is 0. The van der Waals surface area contributed by atoms with E-state index >= 15 is 0 Å². The molecule has 3 nitrogen and oxygen atoms in total. The number of nitriles is 1. The molecule has 2 rings (SSSR count). The maximum Gasteiger partial charge on any atom is 0.240 e. The third-order valence-corrected chi connectivity index (χ3v) is 3.81. The Hall–Kier alpha value is -1.04. The Kier molecular flexibility index (Phi) is 2.46. The zero-order valence-electron chi connectivity index (χ0n) is 9.42. The van der Waals surface area contributed by atoms with Crippen molar-refractivity contribution < 1.29 is 4.79 Å². The first-order valence-electron chi connectivity index (χ1n) is 5.83. The molecule has 15 heavy (non-hydrogen) atoms. The molecule has 0 heterocycles. The van der Waals surface area contributed by atoms with E-state index in [2.05, 4.69) is 25.2 Å². The van der Waals surface area contributed by atoms with E-state index < -0.39 is 5.41 Å². The SMILES string of the molecule is CCC1CC1NC(=O)C1(C#N)CC(C)C1. The van der Waals surface area contributed by atoms with Crippen LogP contribution in [0.15, 0.2) is 0 Å². The molecule has 0 aromatic rings. The smallest absolute Gasteiger partial charge is 0.240 e. The second-order valence-electron chi connectivity index (χ2n) is 5.19. The molecule has 0 spiro atoms. The number of amides is 1. The van der Waals surface area contributed by atoms with Gasteiger partial charge in [-0.2, -0.15) is 5.26 Å². The molecule has 2 fully saturated rings. The van der Waals surface area contributed by atoms with Gasteiger partial charge in [0.2, 0.25) is 5.91 Å². The normalized spacial score (nSPS) is 42.6. The first-order valence-corrected chi connectivity index (χ1v) is 5.83. The van der Waals surface area contributed by atoms with E-state index in [-0.39, 0.29) is 5.91 Å². The van der Waals surface area contributed by atoms with Crippen molar-refractivity contribution >= 4 is 5.91 Å². The summed E-state index contributed by atoms with van der Waals surface area (Å²) in [6.07, 6.45) is 3.69. The minimum Gasteiger partial charge on any atom is -0.352 e. The van der Waals surface area contributed by atoms with Gasteiger partial charge in [0.25, 0.3) is 0 Å². The Morgan fingerprint density at radius 1 is 1.60 bits per heavy atom. The molecular formula is C12H18N2O. The molecule has 0 aliphatic heterocycles. The summed E-state index contributed by atoms with van der Waals surface area (Å²) in [6, 6.07) is 2.55. The molecule has 2 saturated carbocycles. The van der Waals surface area contributed by atoms with Crippen LogP contribution in [0.1, 0.15) is 39.5 Å². The summed E-state index contributed by atoms with van der Waals surface area (Å²) in [6.45, 7) is 4.23. The molecule has 0 aromatic heterocycles. The van der Waals surface area contributed by atoms with E-state index in [0.29, 0.717) is 17.9 Å². The van der Waals surface area contributed by atoms with Crippen LogP contribution in [-0.2, 0) is 4.79 Å². The maximum atomic E-state index is 11.9. The number of hydrogen-bond donors (Lipinski definition) is 1. The fourth-order valence-corrected chi connectivity index (χ4v) is 2.64. The van der Waals surface area contributed by atoms with Crippen LogP contribution in [0.3, 0.4) is 0 Å². The van der Waals surface area contributed by atoms with Gasteiger partial charge >= 0.3 is 0 Å². The average Bonchev–Trinajstić information content (AvgIpc) is 2.91. The van der Waals surface area contributed by atoms with Gasteiger partial charge < -0.3 is 5.32 Å².